The zero-order valence-electron chi connectivity index (χ0n) is 17.5. The third-order valence-corrected chi connectivity index (χ3v) is 5.53. The Balaban J connectivity index is 1.60. The number of aromatic nitrogens is 1. The van der Waals surface area contributed by atoms with Gasteiger partial charge in [0.05, 0.1) is 19.1 Å². The average molecular weight is 476 g/mol. The largest absolute Gasteiger partial charge is 0.493 e. The first-order chi connectivity index (χ1) is 15.1. The lowest BCUT2D eigenvalue weighted by molar-refractivity contribution is -0.118. The number of amides is 1. The molecule has 3 aromatic rings. The summed E-state index contributed by atoms with van der Waals surface area (Å²) in [6, 6.07) is 11.5. The lowest BCUT2D eigenvalue weighted by Gasteiger charge is -2.11. The van der Waals surface area contributed by atoms with Gasteiger partial charge in [0.25, 0.3) is 5.91 Å². The van der Waals surface area contributed by atoms with E-state index in [0.29, 0.717) is 33.6 Å². The van der Waals surface area contributed by atoms with E-state index in [1.165, 1.54) is 25.4 Å². The molecular formula is C21H21N3O6S2. The second kappa shape index (κ2) is 9.79. The molecule has 0 saturated heterocycles. The number of carbonyl (C=O) groups is 2. The minimum absolute atomic E-state index is 0.103. The Kier molecular flexibility index (Phi) is 7.11. The maximum Gasteiger partial charge on any atom is 0.264 e. The molecule has 2 aromatic carbocycles. The first-order valence-corrected chi connectivity index (χ1v) is 12.1. The van der Waals surface area contributed by atoms with Crippen LogP contribution in [0.3, 0.4) is 0 Å². The van der Waals surface area contributed by atoms with Gasteiger partial charge in [-0.05, 0) is 37.3 Å². The number of rotatable bonds is 9. The Bertz CT molecular complexity index is 1240. The molecule has 1 aromatic heterocycles. The highest BCUT2D eigenvalue weighted by atomic mass is 32.2. The average Bonchev–Trinajstić information content (AvgIpc) is 3.19. The van der Waals surface area contributed by atoms with Crippen molar-refractivity contribution in [2.45, 2.75) is 6.92 Å². The van der Waals surface area contributed by atoms with Crippen LogP contribution in [-0.4, -0.2) is 45.1 Å². The van der Waals surface area contributed by atoms with Crippen LogP contribution < -0.4 is 19.5 Å². The van der Waals surface area contributed by atoms with Gasteiger partial charge in [0.2, 0.25) is 10.0 Å². The van der Waals surface area contributed by atoms with E-state index in [-0.39, 0.29) is 12.4 Å². The van der Waals surface area contributed by atoms with Crippen molar-refractivity contribution in [2.24, 2.45) is 0 Å². The van der Waals surface area contributed by atoms with Crippen molar-refractivity contribution >= 4 is 43.9 Å². The van der Waals surface area contributed by atoms with Crippen molar-refractivity contribution in [3.8, 4) is 22.8 Å². The number of ether oxygens (including phenoxy) is 2. The summed E-state index contributed by atoms with van der Waals surface area (Å²) in [5, 5.41) is 4.84. The zero-order valence-corrected chi connectivity index (χ0v) is 19.2. The van der Waals surface area contributed by atoms with Crippen molar-refractivity contribution in [3.63, 3.8) is 0 Å². The molecule has 0 spiro atoms. The van der Waals surface area contributed by atoms with Gasteiger partial charge >= 0.3 is 0 Å². The first-order valence-electron chi connectivity index (χ1n) is 9.30. The van der Waals surface area contributed by atoms with Crippen LogP contribution >= 0.6 is 11.3 Å². The molecule has 0 saturated carbocycles. The van der Waals surface area contributed by atoms with Gasteiger partial charge in [-0.3, -0.25) is 19.6 Å². The Hall–Kier alpha value is -3.44. The highest BCUT2D eigenvalue weighted by Gasteiger charge is 2.12. The normalized spacial score (nSPS) is 11.0. The van der Waals surface area contributed by atoms with Crippen molar-refractivity contribution in [1.29, 1.82) is 0 Å². The topological polar surface area (TPSA) is 124 Å². The third kappa shape index (κ3) is 6.28. The van der Waals surface area contributed by atoms with Gasteiger partial charge < -0.3 is 9.47 Å². The van der Waals surface area contributed by atoms with Crippen LogP contribution in [0.25, 0.3) is 11.3 Å². The minimum atomic E-state index is -3.35. The monoisotopic (exact) mass is 475 g/mol. The summed E-state index contributed by atoms with van der Waals surface area (Å²) < 4.78 is 35.7. The molecule has 1 heterocycles. The highest BCUT2D eigenvalue weighted by Crippen LogP contribution is 2.29. The summed E-state index contributed by atoms with van der Waals surface area (Å²) >= 11 is 1.25. The molecule has 2 N–H and O–H groups in total. The number of nitrogens with one attached hydrogen (secondary N) is 2. The fraction of sp³-hybridized carbons (Fsp3) is 0.190. The lowest BCUT2D eigenvalue weighted by Crippen LogP contribution is -2.20. The SMILES string of the molecule is COc1cc(C(C)=O)ccc1OCC(=O)Nc1nc(-c2ccc(NS(C)(=O)=O)cc2)cs1. The molecule has 0 aliphatic carbocycles. The van der Waals surface area contributed by atoms with E-state index in [1.807, 2.05) is 0 Å². The molecule has 168 valence electrons. The molecule has 3 rings (SSSR count). The summed E-state index contributed by atoms with van der Waals surface area (Å²) in [7, 11) is -1.89. The Morgan fingerprint density at radius 2 is 1.81 bits per heavy atom. The summed E-state index contributed by atoms with van der Waals surface area (Å²) in [5.74, 6) is 0.191. The first kappa shape index (κ1) is 23.2. The lowest BCUT2D eigenvalue weighted by atomic mass is 10.1. The molecule has 0 fully saturated rings. The van der Waals surface area contributed by atoms with Crippen molar-refractivity contribution in [3.05, 3.63) is 53.4 Å². The number of benzene rings is 2. The van der Waals surface area contributed by atoms with Crippen LogP contribution in [0.5, 0.6) is 11.5 Å². The quantitative estimate of drug-likeness (QED) is 0.455. The maximum absolute atomic E-state index is 12.3. The second-order valence-corrected chi connectivity index (χ2v) is 9.35. The molecule has 32 heavy (non-hydrogen) atoms. The minimum Gasteiger partial charge on any atom is -0.493 e. The zero-order chi connectivity index (χ0) is 23.3. The molecule has 0 bridgehead atoms. The number of thiazole rings is 1. The molecule has 0 unspecified atom stereocenters. The molecule has 0 radical (unpaired) electrons. The Morgan fingerprint density at radius 1 is 1.09 bits per heavy atom. The van der Waals surface area contributed by atoms with E-state index in [1.54, 1.807) is 47.8 Å². The van der Waals surface area contributed by atoms with E-state index in [9.17, 15) is 18.0 Å². The van der Waals surface area contributed by atoms with E-state index >= 15 is 0 Å². The number of hydrogen-bond donors (Lipinski definition) is 2. The number of Topliss-reactive ketones (excluding diaryl/α,β-unsaturated/α-hetero) is 1. The summed E-state index contributed by atoms with van der Waals surface area (Å²) in [6.07, 6.45) is 1.08. The standard InChI is InChI=1S/C21H21N3O6S2/c1-13(25)15-6-9-18(19(10-15)29-2)30-11-20(26)23-21-22-17(12-31-21)14-4-7-16(8-5-14)24-32(3,27)28/h4-10,12,24H,11H2,1-3H3,(H,22,23,26). The molecule has 9 nitrogen and oxygen atoms in total. The van der Waals surface area contributed by atoms with Crippen LogP contribution in [0.15, 0.2) is 47.8 Å². The van der Waals surface area contributed by atoms with Gasteiger partial charge in [-0.15, -0.1) is 11.3 Å². The van der Waals surface area contributed by atoms with Gasteiger partial charge in [-0.25, -0.2) is 13.4 Å². The van der Waals surface area contributed by atoms with Crippen LogP contribution in [0.1, 0.15) is 17.3 Å². The summed E-state index contributed by atoms with van der Waals surface area (Å²) in [4.78, 5) is 28.1. The maximum atomic E-state index is 12.3. The van der Waals surface area contributed by atoms with Crippen LogP contribution in [-0.2, 0) is 14.8 Å². The van der Waals surface area contributed by atoms with Crippen molar-refractivity contribution in [2.75, 3.05) is 30.0 Å². The highest BCUT2D eigenvalue weighted by molar-refractivity contribution is 7.92. The van der Waals surface area contributed by atoms with E-state index in [4.69, 9.17) is 9.47 Å². The Morgan fingerprint density at radius 3 is 2.44 bits per heavy atom. The molecule has 0 atom stereocenters. The molecule has 0 aliphatic rings. The third-order valence-electron chi connectivity index (χ3n) is 4.16. The molecule has 1 amide bonds. The molecule has 11 heteroatoms. The van der Waals surface area contributed by atoms with Gasteiger partial charge in [0.15, 0.2) is 29.0 Å². The number of carbonyl (C=O) groups excluding carboxylic acids is 2. The number of sulfonamides is 1. The van der Waals surface area contributed by atoms with Crippen LogP contribution in [0, 0.1) is 0 Å². The number of nitrogens with zero attached hydrogens (tertiary/aromatic N) is 1. The smallest absolute Gasteiger partial charge is 0.264 e. The summed E-state index contributed by atoms with van der Waals surface area (Å²) in [6.45, 7) is 1.18. The Labute approximate surface area is 189 Å². The predicted molar refractivity (Wildman–Crippen MR) is 123 cm³/mol. The van der Waals surface area contributed by atoms with E-state index in [0.717, 1.165) is 11.8 Å². The summed E-state index contributed by atoms with van der Waals surface area (Å²) in [5.41, 5.74) is 2.34. The van der Waals surface area contributed by atoms with Gasteiger partial charge in [0.1, 0.15) is 0 Å². The second-order valence-electron chi connectivity index (χ2n) is 6.75. The van der Waals surface area contributed by atoms with Crippen LogP contribution in [0.4, 0.5) is 10.8 Å². The molecule has 0 aliphatic heterocycles. The fourth-order valence-electron chi connectivity index (χ4n) is 2.69. The van der Waals surface area contributed by atoms with Crippen molar-refractivity contribution in [1.82, 2.24) is 4.98 Å². The number of ketones is 1. The fourth-order valence-corrected chi connectivity index (χ4v) is 3.99. The number of methoxy groups -OCH3 is 1. The number of hydrogen-bond acceptors (Lipinski definition) is 8. The molecular weight excluding hydrogens is 454 g/mol. The van der Waals surface area contributed by atoms with E-state index in [2.05, 4.69) is 15.0 Å². The van der Waals surface area contributed by atoms with E-state index < -0.39 is 15.9 Å². The number of anilines is 2. The van der Waals surface area contributed by atoms with Gasteiger partial charge in [0, 0.05) is 22.2 Å². The predicted octanol–water partition coefficient (Wildman–Crippen LogP) is 3.41. The van der Waals surface area contributed by atoms with Gasteiger partial charge in [-0.1, -0.05) is 12.1 Å². The van der Waals surface area contributed by atoms with Crippen LogP contribution in [0.2, 0.25) is 0 Å². The van der Waals surface area contributed by atoms with Gasteiger partial charge in [-0.2, -0.15) is 0 Å². The van der Waals surface area contributed by atoms with Crippen molar-refractivity contribution < 1.29 is 27.5 Å².